The Balaban J connectivity index is 1.72. The minimum absolute atomic E-state index is 0.154. The van der Waals surface area contributed by atoms with Crippen molar-refractivity contribution in [2.75, 3.05) is 5.75 Å². The summed E-state index contributed by atoms with van der Waals surface area (Å²) in [4.78, 5) is 21.0. The van der Waals surface area contributed by atoms with E-state index in [1.54, 1.807) is 18.3 Å². The van der Waals surface area contributed by atoms with Gasteiger partial charge in [-0.15, -0.1) is 11.3 Å². The number of carbonyl (C=O) groups excluding carboxylic acids is 1. The number of nitrogens with zero attached hydrogens (tertiary/aromatic N) is 4. The van der Waals surface area contributed by atoms with Crippen molar-refractivity contribution in [1.82, 2.24) is 14.5 Å². The minimum atomic E-state index is -0.829. The van der Waals surface area contributed by atoms with Crippen molar-refractivity contribution < 1.29 is 4.79 Å². The molecule has 5 nitrogen and oxygen atoms in total. The topological polar surface area (TPSA) is 71.6 Å². The van der Waals surface area contributed by atoms with Crippen LogP contribution in [0, 0.1) is 18.3 Å². The number of ketones is 1. The predicted octanol–water partition coefficient (Wildman–Crippen LogP) is 4.26. The van der Waals surface area contributed by atoms with Crippen LogP contribution < -0.4 is 0 Å². The van der Waals surface area contributed by atoms with Crippen molar-refractivity contribution in [3.63, 3.8) is 0 Å². The quantitative estimate of drug-likeness (QED) is 0.590. The van der Waals surface area contributed by atoms with Gasteiger partial charge in [0, 0.05) is 34.2 Å². The molecule has 0 saturated carbocycles. The maximum Gasteiger partial charge on any atom is 0.173 e. The van der Waals surface area contributed by atoms with Crippen LogP contribution in [0.3, 0.4) is 0 Å². The second kappa shape index (κ2) is 7.83. The summed E-state index contributed by atoms with van der Waals surface area (Å²) in [5.41, 5.74) is 1.73. The molecule has 2 aromatic heterocycles. The van der Waals surface area contributed by atoms with Crippen molar-refractivity contribution in [2.45, 2.75) is 18.0 Å². The van der Waals surface area contributed by atoms with Crippen LogP contribution in [-0.4, -0.2) is 26.1 Å². The van der Waals surface area contributed by atoms with Crippen LogP contribution in [0.25, 0.3) is 5.69 Å². The van der Waals surface area contributed by atoms with Crippen molar-refractivity contribution in [3.8, 4) is 11.8 Å². The first-order valence-electron chi connectivity index (χ1n) is 7.35. The van der Waals surface area contributed by atoms with E-state index >= 15 is 0 Å². The second-order valence-corrected chi connectivity index (χ2v) is 7.47. The van der Waals surface area contributed by atoms with Gasteiger partial charge in [0.25, 0.3) is 0 Å². The number of benzene rings is 1. The fourth-order valence-electron chi connectivity index (χ4n) is 2.18. The monoisotopic (exact) mass is 388 g/mol. The number of thiazole rings is 1. The number of rotatable bonds is 6. The highest BCUT2D eigenvalue weighted by atomic mass is 35.5. The molecule has 0 bridgehead atoms. The Labute approximate surface area is 158 Å². The number of carbonyl (C=O) groups is 1. The zero-order valence-electron chi connectivity index (χ0n) is 13.2. The third kappa shape index (κ3) is 4.10. The summed E-state index contributed by atoms with van der Waals surface area (Å²) in [5, 5.41) is 13.1. The van der Waals surface area contributed by atoms with Gasteiger partial charge in [-0.2, -0.15) is 5.26 Å². The van der Waals surface area contributed by atoms with Crippen LogP contribution in [0.5, 0.6) is 0 Å². The molecular weight excluding hydrogens is 376 g/mol. The van der Waals surface area contributed by atoms with Crippen LogP contribution in [0.2, 0.25) is 5.02 Å². The van der Waals surface area contributed by atoms with Crippen molar-refractivity contribution >= 4 is 40.5 Å². The maximum atomic E-state index is 12.4. The number of aryl methyl sites for hydroxylation is 1. The molecule has 25 heavy (non-hydrogen) atoms. The molecule has 2 heterocycles. The van der Waals surface area contributed by atoms with Crippen molar-refractivity contribution in [1.29, 1.82) is 5.26 Å². The molecule has 0 aliphatic heterocycles. The Kier molecular flexibility index (Phi) is 5.53. The summed E-state index contributed by atoms with van der Waals surface area (Å²) < 4.78 is 1.88. The molecule has 3 aromatic rings. The van der Waals surface area contributed by atoms with E-state index in [0.717, 1.165) is 11.4 Å². The molecule has 1 aromatic carbocycles. The van der Waals surface area contributed by atoms with Crippen LogP contribution in [0.4, 0.5) is 0 Å². The first kappa shape index (κ1) is 17.7. The molecule has 0 saturated heterocycles. The highest BCUT2D eigenvalue weighted by molar-refractivity contribution is 7.99. The Hall–Kier alpha value is -2.14. The number of imidazole rings is 1. The van der Waals surface area contributed by atoms with Gasteiger partial charge in [-0.25, -0.2) is 9.97 Å². The molecule has 0 spiro atoms. The van der Waals surface area contributed by atoms with Gasteiger partial charge >= 0.3 is 0 Å². The van der Waals surface area contributed by atoms with Gasteiger partial charge in [0.1, 0.15) is 5.01 Å². The summed E-state index contributed by atoms with van der Waals surface area (Å²) in [7, 11) is 0. The molecule has 0 N–H and O–H groups in total. The van der Waals surface area contributed by atoms with E-state index in [1.807, 2.05) is 35.2 Å². The lowest BCUT2D eigenvalue weighted by Gasteiger charge is -2.08. The average Bonchev–Trinajstić information content (AvgIpc) is 3.23. The first-order chi connectivity index (χ1) is 12.1. The van der Waals surface area contributed by atoms with Crippen LogP contribution >= 0.6 is 34.7 Å². The number of hydrogen-bond acceptors (Lipinski definition) is 6. The zero-order valence-corrected chi connectivity index (χ0v) is 15.6. The minimum Gasteiger partial charge on any atom is -0.297 e. The molecule has 8 heteroatoms. The van der Waals surface area contributed by atoms with Crippen LogP contribution in [-0.2, 0) is 4.79 Å². The van der Waals surface area contributed by atoms with E-state index in [-0.39, 0.29) is 11.5 Å². The molecule has 0 fully saturated rings. The molecule has 0 aliphatic carbocycles. The van der Waals surface area contributed by atoms with E-state index in [1.165, 1.54) is 23.1 Å². The molecule has 126 valence electrons. The van der Waals surface area contributed by atoms with Gasteiger partial charge < -0.3 is 0 Å². The van der Waals surface area contributed by atoms with Crippen molar-refractivity contribution in [2.24, 2.45) is 0 Å². The first-order valence-corrected chi connectivity index (χ1v) is 9.59. The van der Waals surface area contributed by atoms with Gasteiger partial charge in [-0.3, -0.25) is 9.36 Å². The van der Waals surface area contributed by atoms with Crippen LogP contribution in [0.1, 0.15) is 16.6 Å². The molecular formula is C17H13ClN4OS2. The largest absolute Gasteiger partial charge is 0.297 e. The summed E-state index contributed by atoms with van der Waals surface area (Å²) in [6.45, 7) is 1.84. The number of halogens is 1. The SMILES string of the molecule is Cc1csc(C(C#N)C(=O)CSc2nccn2-c2ccc(Cl)cc2)n1. The Morgan fingerprint density at radius 3 is 2.84 bits per heavy atom. The maximum absolute atomic E-state index is 12.4. The lowest BCUT2D eigenvalue weighted by molar-refractivity contribution is -0.116. The van der Waals surface area contributed by atoms with E-state index in [2.05, 4.69) is 16.0 Å². The zero-order chi connectivity index (χ0) is 17.8. The number of nitriles is 1. The number of aromatic nitrogens is 3. The standard InChI is InChI=1S/C17H13ClN4OS2/c1-11-9-24-16(21-11)14(8-19)15(23)10-25-17-20-6-7-22(17)13-4-2-12(18)3-5-13/h2-7,9,14H,10H2,1H3. The Morgan fingerprint density at radius 1 is 1.44 bits per heavy atom. The van der Waals surface area contributed by atoms with Gasteiger partial charge in [-0.05, 0) is 31.2 Å². The Morgan fingerprint density at radius 2 is 2.20 bits per heavy atom. The molecule has 0 amide bonds. The lowest BCUT2D eigenvalue weighted by atomic mass is 10.1. The summed E-state index contributed by atoms with van der Waals surface area (Å²) in [6.07, 6.45) is 3.50. The number of Topliss-reactive ketones (excluding diaryl/α,β-unsaturated/α-hetero) is 1. The molecule has 1 atom stereocenters. The highest BCUT2D eigenvalue weighted by Crippen LogP contribution is 2.26. The fourth-order valence-corrected chi connectivity index (χ4v) is 4.05. The summed E-state index contributed by atoms with van der Waals surface area (Å²) in [6, 6.07) is 9.42. The Bertz CT molecular complexity index is 927. The van der Waals surface area contributed by atoms with Gasteiger partial charge in [0.2, 0.25) is 0 Å². The van der Waals surface area contributed by atoms with Crippen LogP contribution in [0.15, 0.2) is 47.2 Å². The third-order valence-corrected chi connectivity index (χ3v) is 5.66. The average molecular weight is 389 g/mol. The van der Waals surface area contributed by atoms with E-state index in [0.29, 0.717) is 15.2 Å². The highest BCUT2D eigenvalue weighted by Gasteiger charge is 2.23. The van der Waals surface area contributed by atoms with Gasteiger partial charge in [0.15, 0.2) is 16.9 Å². The van der Waals surface area contributed by atoms with Gasteiger partial charge in [-0.1, -0.05) is 23.4 Å². The smallest absolute Gasteiger partial charge is 0.173 e. The lowest BCUT2D eigenvalue weighted by Crippen LogP contribution is -2.13. The molecule has 0 aliphatic rings. The van der Waals surface area contributed by atoms with Gasteiger partial charge in [0.05, 0.1) is 11.8 Å². The second-order valence-electron chi connectivity index (χ2n) is 5.20. The normalized spacial score (nSPS) is 11.9. The van der Waals surface area contributed by atoms with E-state index in [9.17, 15) is 10.1 Å². The van der Waals surface area contributed by atoms with E-state index < -0.39 is 5.92 Å². The molecule has 3 rings (SSSR count). The molecule has 1 unspecified atom stereocenters. The number of hydrogen-bond donors (Lipinski definition) is 0. The molecule has 0 radical (unpaired) electrons. The van der Waals surface area contributed by atoms with Crippen molar-refractivity contribution in [3.05, 3.63) is 57.8 Å². The summed E-state index contributed by atoms with van der Waals surface area (Å²) in [5.74, 6) is -0.848. The summed E-state index contributed by atoms with van der Waals surface area (Å²) >= 11 is 8.56. The number of thioether (sulfide) groups is 1. The predicted molar refractivity (Wildman–Crippen MR) is 99.5 cm³/mol. The fraction of sp³-hybridized carbons (Fsp3) is 0.176. The third-order valence-electron chi connectivity index (χ3n) is 3.39. The van der Waals surface area contributed by atoms with E-state index in [4.69, 9.17) is 11.6 Å².